The van der Waals surface area contributed by atoms with Gasteiger partial charge in [-0.05, 0) is 68.0 Å². The quantitative estimate of drug-likeness (QED) is 0.650. The summed E-state index contributed by atoms with van der Waals surface area (Å²) < 4.78 is 2.24. The number of thioether (sulfide) groups is 1. The van der Waals surface area contributed by atoms with E-state index in [4.69, 9.17) is 12.2 Å². The first-order valence-corrected chi connectivity index (χ1v) is 10.1. The smallest absolute Gasteiger partial charge is 0.169 e. The van der Waals surface area contributed by atoms with Crippen molar-refractivity contribution in [3.8, 4) is 0 Å². The molecule has 1 aromatic rings. The summed E-state index contributed by atoms with van der Waals surface area (Å²) in [4.78, 5) is 2.42. The van der Waals surface area contributed by atoms with E-state index < -0.39 is 0 Å². The van der Waals surface area contributed by atoms with Crippen LogP contribution in [0.4, 0.5) is 0 Å². The zero-order valence-corrected chi connectivity index (χ0v) is 15.7. The molecule has 2 atom stereocenters. The molecule has 2 rings (SSSR count). The monoisotopic (exact) mass is 339 g/mol. The van der Waals surface area contributed by atoms with E-state index in [2.05, 4.69) is 53.3 Å². The molecular formula is C17H29N3S2. The first kappa shape index (κ1) is 17.7. The summed E-state index contributed by atoms with van der Waals surface area (Å²) in [5, 5.41) is 4.41. The summed E-state index contributed by atoms with van der Waals surface area (Å²) in [7, 11) is 2.14. The molecule has 3 nitrogen and oxygen atoms in total. The highest BCUT2D eigenvalue weighted by Gasteiger charge is 2.28. The Bertz CT molecular complexity index is 472. The van der Waals surface area contributed by atoms with E-state index in [-0.39, 0.29) is 0 Å². The second-order valence-electron chi connectivity index (χ2n) is 6.30. The molecule has 0 bridgehead atoms. The van der Waals surface area contributed by atoms with E-state index in [1.807, 2.05) is 11.8 Å². The maximum Gasteiger partial charge on any atom is 0.169 e. The standard InChI is InChI=1S/C17H29N3S2/c1-14-7-8-16(15-6-4-11-19(15)2)20(12-9-14)17(21)18-10-5-13-22-3/h4,6,11,14,16H,5,7-10,12-13H2,1-3H3,(H,18,21)/t14-,16+/m0/s1. The number of rotatable bonds is 5. The predicted octanol–water partition coefficient (Wildman–Crippen LogP) is 3.82. The Balaban J connectivity index is 2.06. The summed E-state index contributed by atoms with van der Waals surface area (Å²) in [5.74, 6) is 1.97. The number of thiocarbonyl (C=S) groups is 1. The van der Waals surface area contributed by atoms with Crippen molar-refractivity contribution < 1.29 is 0 Å². The summed E-state index contributed by atoms with van der Waals surface area (Å²) in [6.45, 7) is 4.40. The molecule has 1 aliphatic rings. The maximum atomic E-state index is 5.72. The first-order valence-electron chi connectivity index (χ1n) is 8.28. The Kier molecular flexibility index (Phi) is 7.09. The minimum absolute atomic E-state index is 0.408. The molecule has 124 valence electrons. The molecule has 2 heterocycles. The van der Waals surface area contributed by atoms with Crippen LogP contribution in [0.1, 0.15) is 44.3 Å². The van der Waals surface area contributed by atoms with Crippen LogP contribution in [0.25, 0.3) is 0 Å². The third-order valence-corrected chi connectivity index (χ3v) is 5.64. The molecular weight excluding hydrogens is 310 g/mol. The molecule has 1 fully saturated rings. The van der Waals surface area contributed by atoms with Crippen LogP contribution in [0.5, 0.6) is 0 Å². The second kappa shape index (κ2) is 8.82. The Morgan fingerprint density at radius 3 is 2.91 bits per heavy atom. The molecule has 22 heavy (non-hydrogen) atoms. The lowest BCUT2D eigenvalue weighted by Crippen LogP contribution is -2.42. The van der Waals surface area contributed by atoms with Crippen molar-refractivity contribution in [2.75, 3.05) is 25.1 Å². The van der Waals surface area contributed by atoms with Crippen LogP contribution in [-0.2, 0) is 7.05 Å². The highest BCUT2D eigenvalue weighted by atomic mass is 32.2. The third-order valence-electron chi connectivity index (χ3n) is 4.56. The number of hydrogen-bond acceptors (Lipinski definition) is 2. The van der Waals surface area contributed by atoms with Crippen molar-refractivity contribution >= 4 is 29.1 Å². The molecule has 1 aliphatic heterocycles. The lowest BCUT2D eigenvalue weighted by atomic mass is 10.0. The zero-order chi connectivity index (χ0) is 15.9. The first-order chi connectivity index (χ1) is 10.6. The number of aryl methyl sites for hydroxylation is 1. The van der Waals surface area contributed by atoms with Crippen molar-refractivity contribution in [2.45, 2.75) is 38.6 Å². The Hall–Kier alpha value is -0.680. The van der Waals surface area contributed by atoms with Crippen LogP contribution in [0.15, 0.2) is 18.3 Å². The van der Waals surface area contributed by atoms with E-state index in [0.29, 0.717) is 6.04 Å². The molecule has 1 saturated heterocycles. The summed E-state index contributed by atoms with van der Waals surface area (Å²) in [5.41, 5.74) is 1.38. The van der Waals surface area contributed by atoms with E-state index >= 15 is 0 Å². The van der Waals surface area contributed by atoms with Crippen molar-refractivity contribution in [1.82, 2.24) is 14.8 Å². The fourth-order valence-electron chi connectivity index (χ4n) is 3.14. The summed E-state index contributed by atoms with van der Waals surface area (Å²) >= 11 is 7.61. The van der Waals surface area contributed by atoms with E-state index in [0.717, 1.165) is 24.1 Å². The van der Waals surface area contributed by atoms with Gasteiger partial charge >= 0.3 is 0 Å². The second-order valence-corrected chi connectivity index (χ2v) is 7.67. The third kappa shape index (κ3) is 4.66. The van der Waals surface area contributed by atoms with Crippen molar-refractivity contribution in [3.63, 3.8) is 0 Å². The molecule has 1 N–H and O–H groups in total. The van der Waals surface area contributed by atoms with Gasteiger partial charge in [0.25, 0.3) is 0 Å². The normalized spacial score (nSPS) is 22.4. The minimum atomic E-state index is 0.408. The number of hydrogen-bond donors (Lipinski definition) is 1. The van der Waals surface area contributed by atoms with Gasteiger partial charge in [0.15, 0.2) is 5.11 Å². The highest BCUT2D eigenvalue weighted by Crippen LogP contribution is 2.32. The number of likely N-dealkylation sites (tertiary alicyclic amines) is 1. The van der Waals surface area contributed by atoms with Crippen LogP contribution in [0.3, 0.4) is 0 Å². The number of nitrogens with zero attached hydrogens (tertiary/aromatic N) is 2. The molecule has 0 aromatic carbocycles. The molecule has 0 aliphatic carbocycles. The molecule has 0 radical (unpaired) electrons. The number of aromatic nitrogens is 1. The van der Waals surface area contributed by atoms with E-state index in [1.165, 1.54) is 37.1 Å². The van der Waals surface area contributed by atoms with Gasteiger partial charge < -0.3 is 14.8 Å². The Morgan fingerprint density at radius 2 is 2.23 bits per heavy atom. The van der Waals surface area contributed by atoms with Gasteiger partial charge in [-0.15, -0.1) is 0 Å². The van der Waals surface area contributed by atoms with Gasteiger partial charge in [0.1, 0.15) is 0 Å². The maximum absolute atomic E-state index is 5.72. The van der Waals surface area contributed by atoms with Gasteiger partial charge in [-0.1, -0.05) is 6.92 Å². The van der Waals surface area contributed by atoms with Crippen molar-refractivity contribution in [1.29, 1.82) is 0 Å². The van der Waals surface area contributed by atoms with Crippen LogP contribution in [0.2, 0.25) is 0 Å². The van der Waals surface area contributed by atoms with Gasteiger partial charge in [0.2, 0.25) is 0 Å². The molecule has 5 heteroatoms. The lowest BCUT2D eigenvalue weighted by Gasteiger charge is -2.33. The predicted molar refractivity (Wildman–Crippen MR) is 101 cm³/mol. The average Bonchev–Trinajstić information content (AvgIpc) is 2.82. The lowest BCUT2D eigenvalue weighted by molar-refractivity contribution is 0.306. The molecule has 1 aromatic heterocycles. The summed E-state index contributed by atoms with van der Waals surface area (Å²) in [6, 6.07) is 4.78. The van der Waals surface area contributed by atoms with Crippen LogP contribution in [-0.4, -0.2) is 39.7 Å². The highest BCUT2D eigenvalue weighted by molar-refractivity contribution is 7.98. The van der Waals surface area contributed by atoms with Crippen molar-refractivity contribution in [3.05, 3.63) is 24.0 Å². The SMILES string of the molecule is CSCCCNC(=S)N1CC[C@@H](C)CC[C@@H]1c1cccn1C. The van der Waals surface area contributed by atoms with Crippen LogP contribution < -0.4 is 5.32 Å². The van der Waals surface area contributed by atoms with Gasteiger partial charge in [0.05, 0.1) is 6.04 Å². The van der Waals surface area contributed by atoms with Crippen LogP contribution >= 0.6 is 24.0 Å². The van der Waals surface area contributed by atoms with Gasteiger partial charge in [-0.2, -0.15) is 11.8 Å². The fraction of sp³-hybridized carbons (Fsp3) is 0.706. The zero-order valence-electron chi connectivity index (χ0n) is 14.0. The Morgan fingerprint density at radius 1 is 1.41 bits per heavy atom. The molecule has 0 unspecified atom stereocenters. The molecule has 0 spiro atoms. The van der Waals surface area contributed by atoms with Crippen molar-refractivity contribution in [2.24, 2.45) is 13.0 Å². The average molecular weight is 340 g/mol. The minimum Gasteiger partial charge on any atom is -0.363 e. The van der Waals surface area contributed by atoms with Gasteiger partial charge in [-0.25, -0.2) is 0 Å². The molecule has 0 saturated carbocycles. The Labute approximate surface area is 144 Å². The largest absolute Gasteiger partial charge is 0.363 e. The molecule has 0 amide bonds. The van der Waals surface area contributed by atoms with Gasteiger partial charge in [0, 0.05) is 32.0 Å². The van der Waals surface area contributed by atoms with Crippen LogP contribution in [0, 0.1) is 5.92 Å². The van der Waals surface area contributed by atoms with E-state index in [9.17, 15) is 0 Å². The summed E-state index contributed by atoms with van der Waals surface area (Å²) in [6.07, 6.45) is 9.15. The topological polar surface area (TPSA) is 20.2 Å². The fourth-order valence-corrected chi connectivity index (χ4v) is 3.90. The number of nitrogens with one attached hydrogen (secondary N) is 1. The van der Waals surface area contributed by atoms with Gasteiger partial charge in [-0.3, -0.25) is 0 Å². The van der Waals surface area contributed by atoms with E-state index in [1.54, 1.807) is 0 Å².